The molecule has 0 amide bonds. The van der Waals surface area contributed by atoms with Crippen molar-refractivity contribution in [2.75, 3.05) is 13.7 Å². The first kappa shape index (κ1) is 15.8. The second kappa shape index (κ2) is 6.89. The van der Waals surface area contributed by atoms with Gasteiger partial charge in [-0.15, -0.1) is 0 Å². The zero-order valence-electron chi connectivity index (χ0n) is 12.5. The number of piperidine rings is 1. The lowest BCUT2D eigenvalue weighted by Crippen LogP contribution is -2.46. The van der Waals surface area contributed by atoms with Crippen LogP contribution in [-0.4, -0.2) is 35.7 Å². The van der Waals surface area contributed by atoms with Crippen LogP contribution < -0.4 is 4.74 Å². The number of aliphatic carboxylic acids is 1. The number of nitrogens with zero attached hydrogens (tertiary/aromatic N) is 1. The molecule has 0 saturated carbocycles. The lowest BCUT2D eigenvalue weighted by molar-refractivity contribution is -0.145. The van der Waals surface area contributed by atoms with Crippen molar-refractivity contribution in [2.24, 2.45) is 5.92 Å². The van der Waals surface area contributed by atoms with Crippen LogP contribution in [0.5, 0.6) is 5.75 Å². The normalized spacial score (nSPS) is 23.0. The Kier molecular flexibility index (Phi) is 5.17. The largest absolute Gasteiger partial charge is 0.494 e. The summed E-state index contributed by atoms with van der Waals surface area (Å²) in [6, 6.07) is 4.31. The van der Waals surface area contributed by atoms with Crippen molar-refractivity contribution >= 4 is 5.97 Å². The third kappa shape index (κ3) is 3.73. The highest BCUT2D eigenvalue weighted by Gasteiger charge is 2.32. The fourth-order valence-corrected chi connectivity index (χ4v) is 2.95. The van der Waals surface area contributed by atoms with Crippen molar-refractivity contribution in [3.63, 3.8) is 0 Å². The molecule has 1 N–H and O–H groups in total. The molecule has 0 aliphatic carbocycles. The Morgan fingerprint density at radius 3 is 2.86 bits per heavy atom. The van der Waals surface area contributed by atoms with Crippen LogP contribution >= 0.6 is 0 Å². The molecule has 2 atom stereocenters. The molecular weight excluding hydrogens is 273 g/mol. The van der Waals surface area contributed by atoms with E-state index in [-0.39, 0.29) is 5.75 Å². The van der Waals surface area contributed by atoms with E-state index in [1.54, 1.807) is 12.1 Å². The number of hydrogen-bond acceptors (Lipinski definition) is 3. The van der Waals surface area contributed by atoms with E-state index in [1.165, 1.54) is 13.2 Å². The summed E-state index contributed by atoms with van der Waals surface area (Å²) < 4.78 is 18.6. The van der Waals surface area contributed by atoms with Gasteiger partial charge in [0.25, 0.3) is 0 Å². The van der Waals surface area contributed by atoms with Gasteiger partial charge in [-0.3, -0.25) is 9.69 Å². The van der Waals surface area contributed by atoms with Gasteiger partial charge in [0.15, 0.2) is 11.6 Å². The molecule has 1 aliphatic heterocycles. The Balaban J connectivity index is 2.10. The Morgan fingerprint density at radius 1 is 1.52 bits per heavy atom. The highest BCUT2D eigenvalue weighted by atomic mass is 19.1. The first-order valence-corrected chi connectivity index (χ1v) is 7.34. The van der Waals surface area contributed by atoms with Gasteiger partial charge in [-0.2, -0.15) is 0 Å². The minimum atomic E-state index is -0.790. The van der Waals surface area contributed by atoms with Crippen LogP contribution in [0, 0.1) is 11.7 Å². The number of ether oxygens (including phenoxy) is 1. The van der Waals surface area contributed by atoms with Gasteiger partial charge in [-0.1, -0.05) is 19.4 Å². The standard InChI is InChI=1S/C16H22FNO3/c1-3-11-6-7-18(14(9-11)16(19)20)10-12-4-5-15(21-2)13(17)8-12/h4-5,8,11,14H,3,6-7,9-10H2,1-2H3,(H,19,20). The van der Waals surface area contributed by atoms with Crippen molar-refractivity contribution in [2.45, 2.75) is 38.8 Å². The van der Waals surface area contributed by atoms with Crippen molar-refractivity contribution in [3.8, 4) is 5.75 Å². The van der Waals surface area contributed by atoms with Gasteiger partial charge >= 0.3 is 5.97 Å². The summed E-state index contributed by atoms with van der Waals surface area (Å²) in [5.74, 6) is -0.527. The van der Waals surface area contributed by atoms with E-state index < -0.39 is 17.8 Å². The van der Waals surface area contributed by atoms with Crippen molar-refractivity contribution in [3.05, 3.63) is 29.6 Å². The maximum absolute atomic E-state index is 13.7. The molecular formula is C16H22FNO3. The van der Waals surface area contributed by atoms with Gasteiger partial charge in [0, 0.05) is 6.54 Å². The average Bonchev–Trinajstić information content (AvgIpc) is 2.47. The molecule has 1 fully saturated rings. The number of methoxy groups -OCH3 is 1. The van der Waals surface area contributed by atoms with E-state index >= 15 is 0 Å². The number of hydrogen-bond donors (Lipinski definition) is 1. The Bertz CT molecular complexity index is 506. The second-order valence-electron chi connectivity index (χ2n) is 5.59. The van der Waals surface area contributed by atoms with Crippen LogP contribution in [0.25, 0.3) is 0 Å². The Labute approximate surface area is 124 Å². The Morgan fingerprint density at radius 2 is 2.29 bits per heavy atom. The van der Waals surface area contributed by atoms with E-state index in [0.717, 1.165) is 24.9 Å². The zero-order valence-corrected chi connectivity index (χ0v) is 12.5. The Hall–Kier alpha value is -1.62. The monoisotopic (exact) mass is 295 g/mol. The lowest BCUT2D eigenvalue weighted by Gasteiger charge is -2.37. The zero-order chi connectivity index (χ0) is 15.4. The molecule has 21 heavy (non-hydrogen) atoms. The topological polar surface area (TPSA) is 49.8 Å². The fraction of sp³-hybridized carbons (Fsp3) is 0.562. The van der Waals surface area contributed by atoms with E-state index in [1.807, 2.05) is 4.90 Å². The minimum absolute atomic E-state index is 0.207. The van der Waals surface area contributed by atoms with Crippen LogP contribution in [0.3, 0.4) is 0 Å². The molecule has 0 spiro atoms. The predicted molar refractivity (Wildman–Crippen MR) is 77.8 cm³/mol. The number of carboxylic acids is 1. The van der Waals surface area contributed by atoms with Crippen molar-refractivity contribution in [1.29, 1.82) is 0 Å². The first-order valence-electron chi connectivity index (χ1n) is 7.34. The summed E-state index contributed by atoms with van der Waals surface area (Å²) in [5.41, 5.74) is 0.773. The van der Waals surface area contributed by atoms with Crippen molar-refractivity contribution in [1.82, 2.24) is 4.90 Å². The second-order valence-corrected chi connectivity index (χ2v) is 5.59. The molecule has 2 unspecified atom stereocenters. The summed E-state index contributed by atoms with van der Waals surface area (Å²) in [6.45, 7) is 3.29. The van der Waals surface area contributed by atoms with E-state index in [0.29, 0.717) is 18.9 Å². The molecule has 0 bridgehead atoms. The quantitative estimate of drug-likeness (QED) is 0.907. The van der Waals surface area contributed by atoms with Crippen LogP contribution in [0.1, 0.15) is 31.7 Å². The molecule has 2 rings (SSSR count). The van der Waals surface area contributed by atoms with Gasteiger partial charge < -0.3 is 9.84 Å². The van der Waals surface area contributed by atoms with Gasteiger partial charge in [0.1, 0.15) is 6.04 Å². The van der Waals surface area contributed by atoms with Crippen LogP contribution in [0.4, 0.5) is 4.39 Å². The molecule has 1 heterocycles. The van der Waals surface area contributed by atoms with Crippen LogP contribution in [-0.2, 0) is 11.3 Å². The highest BCUT2D eigenvalue weighted by Crippen LogP contribution is 2.27. The van der Waals surface area contributed by atoms with E-state index in [2.05, 4.69) is 6.92 Å². The lowest BCUT2D eigenvalue weighted by atomic mass is 9.88. The van der Waals surface area contributed by atoms with Gasteiger partial charge in [0.2, 0.25) is 0 Å². The van der Waals surface area contributed by atoms with E-state index in [4.69, 9.17) is 4.74 Å². The molecule has 5 heteroatoms. The van der Waals surface area contributed by atoms with Crippen LogP contribution in [0.2, 0.25) is 0 Å². The average molecular weight is 295 g/mol. The maximum atomic E-state index is 13.7. The summed E-state index contributed by atoms with van der Waals surface area (Å²) in [4.78, 5) is 13.4. The third-order valence-electron chi connectivity index (χ3n) is 4.29. The van der Waals surface area contributed by atoms with Gasteiger partial charge in [-0.25, -0.2) is 4.39 Å². The summed E-state index contributed by atoms with van der Waals surface area (Å²) in [7, 11) is 1.42. The number of rotatable bonds is 5. The number of carboxylic acid groups (broad SMARTS) is 1. The van der Waals surface area contributed by atoms with Gasteiger partial charge in [0.05, 0.1) is 7.11 Å². The van der Waals surface area contributed by atoms with Crippen LogP contribution in [0.15, 0.2) is 18.2 Å². The molecule has 116 valence electrons. The molecule has 1 aromatic carbocycles. The van der Waals surface area contributed by atoms with Gasteiger partial charge in [-0.05, 0) is 43.0 Å². The third-order valence-corrected chi connectivity index (χ3v) is 4.29. The number of carbonyl (C=O) groups is 1. The molecule has 1 aliphatic rings. The van der Waals surface area contributed by atoms with E-state index in [9.17, 15) is 14.3 Å². The SMILES string of the molecule is CCC1CCN(Cc2ccc(OC)c(F)c2)C(C(=O)O)C1. The first-order chi connectivity index (χ1) is 10.0. The summed E-state index contributed by atoms with van der Waals surface area (Å²) in [5, 5.41) is 9.40. The number of likely N-dealkylation sites (tertiary alicyclic amines) is 1. The molecule has 0 aromatic heterocycles. The highest BCUT2D eigenvalue weighted by molar-refractivity contribution is 5.73. The molecule has 0 radical (unpaired) electrons. The smallest absolute Gasteiger partial charge is 0.320 e. The number of halogens is 1. The number of benzene rings is 1. The molecule has 1 aromatic rings. The summed E-state index contributed by atoms with van der Waals surface area (Å²) in [6.07, 6.45) is 2.68. The molecule has 4 nitrogen and oxygen atoms in total. The predicted octanol–water partition coefficient (Wildman–Crippen LogP) is 2.91. The molecule has 1 saturated heterocycles. The minimum Gasteiger partial charge on any atom is -0.494 e. The maximum Gasteiger partial charge on any atom is 0.320 e. The van der Waals surface area contributed by atoms with Crippen molar-refractivity contribution < 1.29 is 19.0 Å². The summed E-state index contributed by atoms with van der Waals surface area (Å²) >= 11 is 0. The fourth-order valence-electron chi connectivity index (χ4n) is 2.95.